The third-order valence-corrected chi connectivity index (χ3v) is 1.71. The molecule has 0 aromatic rings. The van der Waals surface area contributed by atoms with E-state index in [0.29, 0.717) is 6.42 Å². The van der Waals surface area contributed by atoms with Crippen LogP contribution in [0.5, 0.6) is 0 Å². The van der Waals surface area contributed by atoms with E-state index in [-0.39, 0.29) is 10.1 Å². The van der Waals surface area contributed by atoms with Gasteiger partial charge < -0.3 is 4.74 Å². The van der Waals surface area contributed by atoms with Gasteiger partial charge in [0.25, 0.3) is 0 Å². The third kappa shape index (κ3) is 1.29. The zero-order valence-corrected chi connectivity index (χ0v) is 5.84. The van der Waals surface area contributed by atoms with Crippen molar-refractivity contribution in [1.29, 1.82) is 0 Å². The van der Waals surface area contributed by atoms with Gasteiger partial charge in [-0.05, 0) is 22.6 Å². The number of esters is 1. The van der Waals surface area contributed by atoms with Crippen LogP contribution in [0.15, 0.2) is 0 Å². The minimum atomic E-state index is -0.0561. The molecule has 0 radical (unpaired) electrons. The van der Waals surface area contributed by atoms with Crippen LogP contribution in [0.25, 0.3) is 0 Å². The molecule has 3 heteroatoms. The summed E-state index contributed by atoms with van der Waals surface area (Å²) in [6.45, 7) is 0. The SMILES string of the molecule is O=C1CCC(I)O1. The van der Waals surface area contributed by atoms with Crippen LogP contribution in [0, 0.1) is 0 Å². The van der Waals surface area contributed by atoms with Crippen LogP contribution >= 0.6 is 22.6 Å². The molecule has 1 unspecified atom stereocenters. The highest BCUT2D eigenvalue weighted by molar-refractivity contribution is 14.1. The van der Waals surface area contributed by atoms with E-state index in [9.17, 15) is 4.79 Å². The first kappa shape index (κ1) is 5.34. The van der Waals surface area contributed by atoms with Crippen LogP contribution in [0.1, 0.15) is 12.8 Å². The zero-order chi connectivity index (χ0) is 5.28. The van der Waals surface area contributed by atoms with Gasteiger partial charge in [-0.2, -0.15) is 0 Å². The van der Waals surface area contributed by atoms with Gasteiger partial charge in [0.15, 0.2) is 4.11 Å². The molecule has 0 aliphatic carbocycles. The van der Waals surface area contributed by atoms with Gasteiger partial charge in [-0.3, -0.25) is 4.79 Å². The summed E-state index contributed by atoms with van der Waals surface area (Å²) in [5, 5.41) is 0. The van der Waals surface area contributed by atoms with E-state index in [1.165, 1.54) is 0 Å². The molecule has 0 N–H and O–H groups in total. The zero-order valence-electron chi connectivity index (χ0n) is 3.69. The Hall–Kier alpha value is 0.200. The van der Waals surface area contributed by atoms with E-state index in [4.69, 9.17) is 4.74 Å². The Bertz CT molecular complexity index is 91.7. The van der Waals surface area contributed by atoms with Crippen LogP contribution in [-0.2, 0) is 9.53 Å². The summed E-state index contributed by atoms with van der Waals surface area (Å²) in [5.74, 6) is -0.0561. The van der Waals surface area contributed by atoms with Crippen molar-refractivity contribution in [2.45, 2.75) is 17.0 Å². The summed E-state index contributed by atoms with van der Waals surface area (Å²) in [6, 6.07) is 0. The molecule has 1 rings (SSSR count). The van der Waals surface area contributed by atoms with Crippen molar-refractivity contribution in [1.82, 2.24) is 0 Å². The van der Waals surface area contributed by atoms with Crippen LogP contribution in [0.2, 0.25) is 0 Å². The predicted octanol–water partition coefficient (Wildman–Crippen LogP) is 1.08. The van der Waals surface area contributed by atoms with Crippen molar-refractivity contribution in [3.05, 3.63) is 0 Å². The number of cyclic esters (lactones) is 1. The van der Waals surface area contributed by atoms with Gasteiger partial charge in [0.1, 0.15) is 0 Å². The number of rotatable bonds is 0. The lowest BCUT2D eigenvalue weighted by Gasteiger charge is -1.93. The van der Waals surface area contributed by atoms with E-state index in [0.717, 1.165) is 6.42 Å². The fourth-order valence-electron chi connectivity index (χ4n) is 0.492. The van der Waals surface area contributed by atoms with Gasteiger partial charge in [-0.15, -0.1) is 0 Å². The molecule has 0 amide bonds. The molecule has 1 fully saturated rings. The molecule has 1 atom stereocenters. The maximum Gasteiger partial charge on any atom is 0.307 e. The summed E-state index contributed by atoms with van der Waals surface area (Å²) in [6.07, 6.45) is 1.49. The molecule has 40 valence electrons. The molecule has 1 heterocycles. The highest BCUT2D eigenvalue weighted by Crippen LogP contribution is 2.18. The average molecular weight is 212 g/mol. The van der Waals surface area contributed by atoms with Gasteiger partial charge in [-0.25, -0.2) is 0 Å². The summed E-state index contributed by atoms with van der Waals surface area (Å²) < 4.78 is 4.85. The van der Waals surface area contributed by atoms with E-state index in [1.54, 1.807) is 0 Å². The van der Waals surface area contributed by atoms with Crippen molar-refractivity contribution in [3.8, 4) is 0 Å². The fourth-order valence-corrected chi connectivity index (χ4v) is 1.09. The number of hydrogen-bond acceptors (Lipinski definition) is 2. The van der Waals surface area contributed by atoms with Gasteiger partial charge >= 0.3 is 5.97 Å². The Balaban J connectivity index is 2.40. The summed E-state index contributed by atoms with van der Waals surface area (Å²) in [4.78, 5) is 10.2. The predicted molar refractivity (Wildman–Crippen MR) is 33.1 cm³/mol. The van der Waals surface area contributed by atoms with Crippen LogP contribution < -0.4 is 0 Å². The van der Waals surface area contributed by atoms with Crippen molar-refractivity contribution >= 4 is 28.6 Å². The van der Waals surface area contributed by atoms with E-state index in [2.05, 4.69) is 22.6 Å². The first-order valence-corrected chi connectivity index (χ1v) is 3.37. The fraction of sp³-hybridized carbons (Fsp3) is 0.750. The third-order valence-electron chi connectivity index (χ3n) is 0.835. The van der Waals surface area contributed by atoms with Crippen molar-refractivity contribution < 1.29 is 9.53 Å². The molecule has 7 heavy (non-hydrogen) atoms. The molecule has 0 aromatic heterocycles. The molecule has 1 aliphatic rings. The maximum atomic E-state index is 10.2. The van der Waals surface area contributed by atoms with Gasteiger partial charge in [-0.1, -0.05) is 0 Å². The van der Waals surface area contributed by atoms with E-state index < -0.39 is 0 Å². The molecule has 1 aliphatic heterocycles. The minimum absolute atomic E-state index is 0.0561. The Morgan fingerprint density at radius 1 is 1.86 bits per heavy atom. The number of ether oxygens (including phenoxy) is 1. The Kier molecular flexibility index (Phi) is 1.51. The summed E-state index contributed by atoms with van der Waals surface area (Å²) in [7, 11) is 0. The second-order valence-corrected chi connectivity index (χ2v) is 2.83. The van der Waals surface area contributed by atoms with Gasteiger partial charge in [0.2, 0.25) is 0 Å². The molecular formula is C4H5IO2. The molecule has 0 saturated carbocycles. The van der Waals surface area contributed by atoms with Gasteiger partial charge in [0, 0.05) is 12.8 Å². The number of carbonyl (C=O) groups excluding carboxylic acids is 1. The van der Waals surface area contributed by atoms with Crippen molar-refractivity contribution in [2.75, 3.05) is 0 Å². The number of hydrogen-bond donors (Lipinski definition) is 0. The molecular weight excluding hydrogens is 207 g/mol. The van der Waals surface area contributed by atoms with Crippen molar-refractivity contribution in [2.24, 2.45) is 0 Å². The highest BCUT2D eigenvalue weighted by Gasteiger charge is 2.19. The van der Waals surface area contributed by atoms with Crippen LogP contribution in [0.3, 0.4) is 0 Å². The Morgan fingerprint density at radius 3 is 2.71 bits per heavy atom. The first-order valence-electron chi connectivity index (χ1n) is 2.12. The molecule has 0 spiro atoms. The molecule has 0 aromatic carbocycles. The number of halogens is 1. The van der Waals surface area contributed by atoms with E-state index in [1.807, 2.05) is 0 Å². The monoisotopic (exact) mass is 212 g/mol. The largest absolute Gasteiger partial charge is 0.452 e. The minimum Gasteiger partial charge on any atom is -0.452 e. The average Bonchev–Trinajstić information content (AvgIpc) is 1.87. The Labute approximate surface area is 55.4 Å². The van der Waals surface area contributed by atoms with E-state index >= 15 is 0 Å². The van der Waals surface area contributed by atoms with Gasteiger partial charge in [0.05, 0.1) is 0 Å². The lowest BCUT2D eigenvalue weighted by molar-refractivity contribution is -0.138. The lowest BCUT2D eigenvalue weighted by atomic mass is 10.4. The highest BCUT2D eigenvalue weighted by atomic mass is 127. The first-order chi connectivity index (χ1) is 3.29. The maximum absolute atomic E-state index is 10.2. The van der Waals surface area contributed by atoms with Crippen molar-refractivity contribution in [3.63, 3.8) is 0 Å². The molecule has 2 nitrogen and oxygen atoms in total. The summed E-state index contributed by atoms with van der Waals surface area (Å²) >= 11 is 2.10. The second kappa shape index (κ2) is 1.98. The quantitative estimate of drug-likeness (QED) is 0.341. The standard InChI is InChI=1S/C4H5IO2/c5-3-1-2-4(6)7-3/h3H,1-2H2. The second-order valence-electron chi connectivity index (χ2n) is 1.44. The Morgan fingerprint density at radius 2 is 2.57 bits per heavy atom. The lowest BCUT2D eigenvalue weighted by Crippen LogP contribution is -1.95. The van der Waals surface area contributed by atoms with Crippen LogP contribution in [0.4, 0.5) is 0 Å². The topological polar surface area (TPSA) is 26.3 Å². The molecule has 1 saturated heterocycles. The smallest absolute Gasteiger partial charge is 0.307 e. The number of alkyl halides is 1. The molecule has 0 bridgehead atoms. The number of carbonyl (C=O) groups is 1. The summed E-state index contributed by atoms with van der Waals surface area (Å²) in [5.41, 5.74) is 0. The van der Waals surface area contributed by atoms with Crippen LogP contribution in [-0.4, -0.2) is 10.1 Å². The normalized spacial score (nSPS) is 30.4.